The number of allylic oxidation sites excluding steroid dienone is 2. The van der Waals surface area contributed by atoms with Crippen molar-refractivity contribution in [1.29, 1.82) is 0 Å². The Labute approximate surface area is 150 Å². The molecule has 0 aromatic rings. The van der Waals surface area contributed by atoms with Crippen LogP contribution in [0.5, 0.6) is 0 Å². The summed E-state index contributed by atoms with van der Waals surface area (Å²) < 4.78 is 17.6. The van der Waals surface area contributed by atoms with Crippen molar-refractivity contribution in [2.45, 2.75) is 63.2 Å². The van der Waals surface area contributed by atoms with E-state index in [9.17, 15) is 4.79 Å². The molecule has 4 rings (SSSR count). The van der Waals surface area contributed by atoms with Gasteiger partial charge in [0.15, 0.2) is 0 Å². The van der Waals surface area contributed by atoms with Crippen molar-refractivity contribution < 1.29 is 19.0 Å². The molecule has 3 heterocycles. The smallest absolute Gasteiger partial charge is 0.226 e. The first-order valence-corrected chi connectivity index (χ1v) is 10.1. The van der Waals surface area contributed by atoms with Gasteiger partial charge >= 0.3 is 0 Å². The number of nitrogens with zero attached hydrogens (tertiary/aromatic N) is 1. The Morgan fingerprint density at radius 1 is 1.04 bits per heavy atom. The molecule has 0 unspecified atom stereocenters. The number of hydrogen-bond donors (Lipinski definition) is 0. The molecule has 0 bridgehead atoms. The van der Waals surface area contributed by atoms with Crippen LogP contribution >= 0.6 is 0 Å². The summed E-state index contributed by atoms with van der Waals surface area (Å²) in [4.78, 5) is 14.8. The van der Waals surface area contributed by atoms with Crippen molar-refractivity contribution in [2.75, 3.05) is 33.0 Å². The van der Waals surface area contributed by atoms with Crippen LogP contribution in [0.2, 0.25) is 0 Å². The van der Waals surface area contributed by atoms with E-state index in [0.29, 0.717) is 24.5 Å². The average molecular weight is 349 g/mol. The van der Waals surface area contributed by atoms with Gasteiger partial charge in [0.1, 0.15) is 0 Å². The molecule has 0 N–H and O–H groups in total. The van der Waals surface area contributed by atoms with Gasteiger partial charge in [-0.2, -0.15) is 0 Å². The van der Waals surface area contributed by atoms with Crippen LogP contribution in [0.4, 0.5) is 0 Å². The topological polar surface area (TPSA) is 48.0 Å². The minimum absolute atomic E-state index is 0.180. The standard InChI is InChI=1S/C20H31NO4/c22-20(16-3-1-2-4-16)21-10-7-19-18(21)6-5-17(25-19)14-24-13-15-8-11-23-12-9-15/h1-2,15-19H,3-14H2/t17-,18-,19-/m0/s1. The first-order valence-electron chi connectivity index (χ1n) is 10.1. The molecule has 5 nitrogen and oxygen atoms in total. The summed E-state index contributed by atoms with van der Waals surface area (Å²) in [6.45, 7) is 4.13. The lowest BCUT2D eigenvalue weighted by Gasteiger charge is -2.37. The number of rotatable bonds is 5. The molecule has 1 amide bonds. The highest BCUT2D eigenvalue weighted by atomic mass is 16.5. The number of hydrogen-bond acceptors (Lipinski definition) is 4. The predicted molar refractivity (Wildman–Crippen MR) is 94.2 cm³/mol. The van der Waals surface area contributed by atoms with E-state index in [2.05, 4.69) is 17.1 Å². The van der Waals surface area contributed by atoms with Crippen LogP contribution in [0.25, 0.3) is 0 Å². The van der Waals surface area contributed by atoms with E-state index >= 15 is 0 Å². The van der Waals surface area contributed by atoms with Gasteiger partial charge in [-0.15, -0.1) is 0 Å². The minimum atomic E-state index is 0.180. The van der Waals surface area contributed by atoms with Gasteiger partial charge < -0.3 is 19.1 Å². The van der Waals surface area contributed by atoms with Crippen LogP contribution in [0.15, 0.2) is 12.2 Å². The molecule has 140 valence electrons. The van der Waals surface area contributed by atoms with Gasteiger partial charge in [0.2, 0.25) is 5.91 Å². The summed E-state index contributed by atoms with van der Waals surface area (Å²) >= 11 is 0. The molecule has 0 saturated carbocycles. The Balaban J connectivity index is 1.21. The number of carbonyl (C=O) groups excluding carboxylic acids is 1. The zero-order valence-corrected chi connectivity index (χ0v) is 15.1. The molecule has 5 heteroatoms. The van der Waals surface area contributed by atoms with E-state index < -0.39 is 0 Å². The normalized spacial score (nSPS) is 33.8. The Bertz CT molecular complexity index is 480. The fourth-order valence-electron chi connectivity index (χ4n) is 4.73. The Hall–Kier alpha value is -0.910. The largest absolute Gasteiger partial charge is 0.381 e. The number of amides is 1. The van der Waals surface area contributed by atoms with E-state index in [1.807, 2.05) is 0 Å². The predicted octanol–water partition coefficient (Wildman–Crippen LogP) is 2.54. The van der Waals surface area contributed by atoms with Crippen LogP contribution in [-0.4, -0.2) is 62.0 Å². The van der Waals surface area contributed by atoms with Crippen molar-refractivity contribution in [2.24, 2.45) is 11.8 Å². The molecule has 3 atom stereocenters. The fourth-order valence-corrected chi connectivity index (χ4v) is 4.73. The van der Waals surface area contributed by atoms with Gasteiger partial charge in [-0.05, 0) is 50.9 Å². The lowest BCUT2D eigenvalue weighted by atomic mass is 9.98. The summed E-state index contributed by atoms with van der Waals surface area (Å²) in [5.74, 6) is 1.17. The highest BCUT2D eigenvalue weighted by Gasteiger charge is 2.43. The molecule has 1 aliphatic carbocycles. The number of fused-ring (bicyclic) bond motifs is 1. The van der Waals surface area contributed by atoms with Gasteiger partial charge in [-0.25, -0.2) is 0 Å². The molecular weight excluding hydrogens is 318 g/mol. The van der Waals surface area contributed by atoms with Gasteiger partial charge in [-0.1, -0.05) is 12.2 Å². The lowest BCUT2D eigenvalue weighted by Crippen LogP contribution is -2.47. The molecule has 25 heavy (non-hydrogen) atoms. The van der Waals surface area contributed by atoms with Gasteiger partial charge in [0, 0.05) is 32.3 Å². The summed E-state index contributed by atoms with van der Waals surface area (Å²) in [5.41, 5.74) is 0. The van der Waals surface area contributed by atoms with Gasteiger partial charge in [0.25, 0.3) is 0 Å². The minimum Gasteiger partial charge on any atom is -0.381 e. The highest BCUT2D eigenvalue weighted by Crippen LogP contribution is 2.34. The molecule has 0 radical (unpaired) electrons. The zero-order chi connectivity index (χ0) is 17.1. The SMILES string of the molecule is O=C(C1CC=CC1)N1CC[C@@H]2O[C@H](COCC3CCOCC3)CC[C@@H]21. The van der Waals surface area contributed by atoms with Crippen LogP contribution < -0.4 is 0 Å². The molecule has 0 aromatic heterocycles. The van der Waals surface area contributed by atoms with E-state index in [0.717, 1.165) is 71.3 Å². The van der Waals surface area contributed by atoms with Crippen LogP contribution in [0.3, 0.4) is 0 Å². The van der Waals surface area contributed by atoms with E-state index in [-0.39, 0.29) is 18.1 Å². The van der Waals surface area contributed by atoms with Crippen LogP contribution in [0, 0.1) is 11.8 Å². The zero-order valence-electron chi connectivity index (χ0n) is 15.1. The lowest BCUT2D eigenvalue weighted by molar-refractivity contribution is -0.143. The second-order valence-electron chi connectivity index (χ2n) is 7.99. The Kier molecular flexibility index (Phi) is 5.73. The molecule has 0 aromatic carbocycles. The van der Waals surface area contributed by atoms with Crippen molar-refractivity contribution in [3.8, 4) is 0 Å². The van der Waals surface area contributed by atoms with Crippen molar-refractivity contribution in [3.63, 3.8) is 0 Å². The summed E-state index contributed by atoms with van der Waals surface area (Å²) in [5, 5.41) is 0. The van der Waals surface area contributed by atoms with E-state index in [1.54, 1.807) is 0 Å². The first-order chi connectivity index (χ1) is 12.3. The van der Waals surface area contributed by atoms with Crippen LogP contribution in [-0.2, 0) is 19.0 Å². The highest BCUT2D eigenvalue weighted by molar-refractivity contribution is 5.80. The van der Waals surface area contributed by atoms with Crippen molar-refractivity contribution in [1.82, 2.24) is 4.90 Å². The van der Waals surface area contributed by atoms with Crippen LogP contribution in [0.1, 0.15) is 44.9 Å². The third-order valence-corrected chi connectivity index (χ3v) is 6.27. The molecular formula is C20H31NO4. The maximum atomic E-state index is 12.7. The summed E-state index contributed by atoms with van der Waals surface area (Å²) in [6.07, 6.45) is 11.8. The van der Waals surface area contributed by atoms with E-state index in [1.165, 1.54) is 0 Å². The van der Waals surface area contributed by atoms with Crippen molar-refractivity contribution in [3.05, 3.63) is 12.2 Å². The quantitative estimate of drug-likeness (QED) is 0.716. The second kappa shape index (κ2) is 8.19. The number of likely N-dealkylation sites (tertiary alicyclic amines) is 1. The summed E-state index contributed by atoms with van der Waals surface area (Å²) in [6, 6.07) is 0.292. The first kappa shape index (κ1) is 17.5. The molecule has 3 saturated heterocycles. The third-order valence-electron chi connectivity index (χ3n) is 6.27. The van der Waals surface area contributed by atoms with Gasteiger partial charge in [-0.3, -0.25) is 4.79 Å². The fraction of sp³-hybridized carbons (Fsp3) is 0.850. The van der Waals surface area contributed by atoms with Gasteiger partial charge in [0.05, 0.1) is 24.9 Å². The van der Waals surface area contributed by atoms with E-state index in [4.69, 9.17) is 14.2 Å². The summed E-state index contributed by atoms with van der Waals surface area (Å²) in [7, 11) is 0. The second-order valence-corrected chi connectivity index (χ2v) is 7.99. The average Bonchev–Trinajstić information content (AvgIpc) is 3.32. The Morgan fingerprint density at radius 3 is 2.64 bits per heavy atom. The number of carbonyl (C=O) groups is 1. The monoisotopic (exact) mass is 349 g/mol. The number of ether oxygens (including phenoxy) is 3. The maximum Gasteiger partial charge on any atom is 0.226 e. The molecule has 0 spiro atoms. The third kappa shape index (κ3) is 4.09. The Morgan fingerprint density at radius 2 is 1.84 bits per heavy atom. The molecule has 3 aliphatic heterocycles. The maximum absolute atomic E-state index is 12.7. The van der Waals surface area contributed by atoms with Crippen molar-refractivity contribution >= 4 is 5.91 Å². The molecule has 4 aliphatic rings. The molecule has 3 fully saturated rings.